The van der Waals surface area contributed by atoms with Crippen molar-refractivity contribution in [3.63, 3.8) is 0 Å². The fraction of sp³-hybridized carbons (Fsp3) is 0.111. The molecule has 0 aliphatic heterocycles. The van der Waals surface area contributed by atoms with Crippen molar-refractivity contribution in [3.05, 3.63) is 64.7 Å². The number of aromatic nitrogens is 4. The smallest absolute Gasteiger partial charge is 0.269 e. The maximum atomic E-state index is 13.4. The Morgan fingerprint density at radius 1 is 1.33 bits per heavy atom. The minimum atomic E-state index is -0.358. The molecule has 0 fully saturated rings. The van der Waals surface area contributed by atoms with Gasteiger partial charge in [-0.3, -0.25) is 9.89 Å². The minimum Gasteiger partial charge on any atom is -0.342 e. The fourth-order valence-electron chi connectivity index (χ4n) is 2.47. The van der Waals surface area contributed by atoms with Gasteiger partial charge in [0, 0.05) is 5.56 Å². The molecule has 0 aliphatic carbocycles. The summed E-state index contributed by atoms with van der Waals surface area (Å²) in [6.45, 7) is 1.77. The fourth-order valence-corrected chi connectivity index (χ4v) is 3.12. The topological polar surface area (TPSA) is 96.7 Å². The lowest BCUT2D eigenvalue weighted by Crippen LogP contribution is -2.23. The van der Waals surface area contributed by atoms with Crippen LogP contribution in [0.25, 0.3) is 22.0 Å². The Balaban J connectivity index is 1.42. The molecule has 1 aromatic carbocycles. The molecule has 1 amide bonds. The first-order valence-electron chi connectivity index (χ1n) is 8.07. The Bertz CT molecular complexity index is 1090. The van der Waals surface area contributed by atoms with Crippen molar-refractivity contribution >= 4 is 17.2 Å². The lowest BCUT2D eigenvalue weighted by atomic mass is 10.1. The predicted octanol–water partition coefficient (Wildman–Crippen LogP) is 3.57. The molecule has 0 saturated carbocycles. The molecule has 0 atom stereocenters. The largest absolute Gasteiger partial charge is 0.342 e. The molecule has 7 nitrogen and oxygen atoms in total. The highest BCUT2D eigenvalue weighted by Gasteiger charge is 2.14. The number of aryl methyl sites for hydroxylation is 1. The van der Waals surface area contributed by atoms with E-state index < -0.39 is 0 Å². The second-order valence-corrected chi connectivity index (χ2v) is 6.75. The van der Waals surface area contributed by atoms with E-state index in [4.69, 9.17) is 4.52 Å². The second kappa shape index (κ2) is 7.12. The summed E-state index contributed by atoms with van der Waals surface area (Å²) in [5, 5.41) is 15.3. The number of H-pyrrole nitrogens is 1. The Hall–Kier alpha value is -3.33. The van der Waals surface area contributed by atoms with Crippen LogP contribution in [-0.4, -0.2) is 26.2 Å². The van der Waals surface area contributed by atoms with Crippen LogP contribution < -0.4 is 5.32 Å². The number of nitrogens with zero attached hydrogens (tertiary/aromatic N) is 3. The third-order valence-electron chi connectivity index (χ3n) is 3.89. The van der Waals surface area contributed by atoms with Gasteiger partial charge in [0.1, 0.15) is 11.5 Å². The number of hydrogen-bond acceptors (Lipinski definition) is 6. The summed E-state index contributed by atoms with van der Waals surface area (Å²) in [5.74, 6) is 0.155. The first-order valence-corrected chi connectivity index (χ1v) is 8.95. The molecule has 0 spiro atoms. The van der Waals surface area contributed by atoms with Crippen molar-refractivity contribution in [2.24, 2.45) is 0 Å². The summed E-state index contributed by atoms with van der Waals surface area (Å²) in [6, 6.07) is 10.1. The van der Waals surface area contributed by atoms with Crippen LogP contribution in [0, 0.1) is 12.7 Å². The number of carbonyl (C=O) groups is 1. The zero-order valence-corrected chi connectivity index (χ0v) is 15.0. The van der Waals surface area contributed by atoms with Gasteiger partial charge in [0.05, 0.1) is 17.1 Å². The predicted molar refractivity (Wildman–Crippen MR) is 97.5 cm³/mol. The highest BCUT2D eigenvalue weighted by molar-refractivity contribution is 7.13. The normalized spacial score (nSPS) is 10.9. The van der Waals surface area contributed by atoms with Crippen LogP contribution in [0.3, 0.4) is 0 Å². The van der Waals surface area contributed by atoms with E-state index in [0.29, 0.717) is 23.0 Å². The van der Waals surface area contributed by atoms with Crippen LogP contribution in [0.15, 0.2) is 46.3 Å². The maximum Gasteiger partial charge on any atom is 0.269 e. The lowest BCUT2D eigenvalue weighted by molar-refractivity contribution is 0.0941. The van der Waals surface area contributed by atoms with Crippen LogP contribution in [0.2, 0.25) is 0 Å². The van der Waals surface area contributed by atoms with E-state index in [0.717, 1.165) is 10.4 Å². The van der Waals surface area contributed by atoms with E-state index in [1.807, 2.05) is 17.5 Å². The molecule has 4 rings (SSSR count). The van der Waals surface area contributed by atoms with Gasteiger partial charge < -0.3 is 9.84 Å². The van der Waals surface area contributed by atoms with E-state index in [1.165, 1.54) is 17.4 Å². The van der Waals surface area contributed by atoms with E-state index in [2.05, 4.69) is 25.7 Å². The molecular formula is C18H14FN5O2S. The third kappa shape index (κ3) is 3.63. The monoisotopic (exact) mass is 383 g/mol. The molecule has 9 heteroatoms. The summed E-state index contributed by atoms with van der Waals surface area (Å²) >= 11 is 1.50. The number of amides is 1. The zero-order valence-electron chi connectivity index (χ0n) is 14.2. The molecule has 3 aromatic heterocycles. The van der Waals surface area contributed by atoms with Gasteiger partial charge >= 0.3 is 0 Å². The quantitative estimate of drug-likeness (QED) is 0.549. The van der Waals surface area contributed by atoms with Gasteiger partial charge in [-0.25, -0.2) is 4.39 Å². The first kappa shape index (κ1) is 17.1. The van der Waals surface area contributed by atoms with Crippen LogP contribution in [-0.2, 0) is 6.54 Å². The highest BCUT2D eigenvalue weighted by atomic mass is 32.1. The molecule has 0 unspecified atom stereocenters. The summed E-state index contributed by atoms with van der Waals surface area (Å²) < 4.78 is 18.5. The standard InChI is InChI=1S/C18H14FN5O2S/c1-10-7-11(4-5-12(10)19)13-8-14(23-22-13)18(25)20-9-16-21-17(24-26-16)15-3-2-6-27-15/h2-8H,9H2,1H3,(H,20,25)(H,22,23). The lowest BCUT2D eigenvalue weighted by Gasteiger charge is -2.00. The van der Waals surface area contributed by atoms with Crippen molar-refractivity contribution < 1.29 is 13.7 Å². The highest BCUT2D eigenvalue weighted by Crippen LogP contribution is 2.22. The van der Waals surface area contributed by atoms with Gasteiger partial charge in [-0.1, -0.05) is 11.2 Å². The van der Waals surface area contributed by atoms with Gasteiger partial charge in [-0.15, -0.1) is 11.3 Å². The average Bonchev–Trinajstić information content (AvgIpc) is 3.42. The van der Waals surface area contributed by atoms with E-state index in [-0.39, 0.29) is 24.0 Å². The van der Waals surface area contributed by atoms with Gasteiger partial charge in [0.2, 0.25) is 11.7 Å². The van der Waals surface area contributed by atoms with Gasteiger partial charge in [0.25, 0.3) is 5.91 Å². The van der Waals surface area contributed by atoms with Crippen LogP contribution in [0.1, 0.15) is 21.9 Å². The number of aromatic amines is 1. The third-order valence-corrected chi connectivity index (χ3v) is 4.75. The van der Waals surface area contributed by atoms with E-state index in [9.17, 15) is 9.18 Å². The molecule has 4 aromatic rings. The Morgan fingerprint density at radius 2 is 2.22 bits per heavy atom. The number of halogens is 1. The molecular weight excluding hydrogens is 369 g/mol. The average molecular weight is 383 g/mol. The summed E-state index contributed by atoms with van der Waals surface area (Å²) in [7, 11) is 0. The summed E-state index contributed by atoms with van der Waals surface area (Å²) in [6.07, 6.45) is 0. The number of benzene rings is 1. The first-order chi connectivity index (χ1) is 13.1. The number of nitrogens with one attached hydrogen (secondary N) is 2. The van der Waals surface area contributed by atoms with Gasteiger partial charge in [-0.2, -0.15) is 10.1 Å². The second-order valence-electron chi connectivity index (χ2n) is 5.80. The van der Waals surface area contributed by atoms with E-state index >= 15 is 0 Å². The van der Waals surface area contributed by atoms with Crippen molar-refractivity contribution in [2.75, 3.05) is 0 Å². The molecule has 136 valence electrons. The van der Waals surface area contributed by atoms with Gasteiger partial charge in [0.15, 0.2) is 0 Å². The Kier molecular flexibility index (Phi) is 4.51. The minimum absolute atomic E-state index is 0.0984. The molecule has 27 heavy (non-hydrogen) atoms. The maximum absolute atomic E-state index is 13.4. The van der Waals surface area contributed by atoms with Crippen LogP contribution >= 0.6 is 11.3 Å². The van der Waals surface area contributed by atoms with Crippen molar-refractivity contribution in [1.29, 1.82) is 0 Å². The zero-order chi connectivity index (χ0) is 18.8. The molecule has 3 heterocycles. The number of rotatable bonds is 5. The van der Waals surface area contributed by atoms with Crippen molar-refractivity contribution in [1.82, 2.24) is 25.7 Å². The van der Waals surface area contributed by atoms with Crippen LogP contribution in [0.5, 0.6) is 0 Å². The summed E-state index contributed by atoms with van der Waals surface area (Å²) in [4.78, 5) is 17.4. The number of hydrogen-bond donors (Lipinski definition) is 2. The number of thiophene rings is 1. The Labute approximate surface area is 157 Å². The molecule has 0 radical (unpaired) electrons. The van der Waals surface area contributed by atoms with Crippen molar-refractivity contribution in [2.45, 2.75) is 13.5 Å². The van der Waals surface area contributed by atoms with Crippen molar-refractivity contribution in [3.8, 4) is 22.0 Å². The molecule has 0 bridgehead atoms. The van der Waals surface area contributed by atoms with Crippen LogP contribution in [0.4, 0.5) is 4.39 Å². The molecule has 2 N–H and O–H groups in total. The van der Waals surface area contributed by atoms with E-state index in [1.54, 1.807) is 25.1 Å². The molecule has 0 saturated heterocycles. The molecule has 0 aliphatic rings. The summed E-state index contributed by atoms with van der Waals surface area (Å²) in [5.41, 5.74) is 2.08. The number of carbonyl (C=O) groups excluding carboxylic acids is 1. The Morgan fingerprint density at radius 3 is 3.00 bits per heavy atom. The SMILES string of the molecule is Cc1cc(-c2cc(C(=O)NCc3nc(-c4cccs4)no3)[nH]n2)ccc1F. The van der Waals surface area contributed by atoms with Gasteiger partial charge in [-0.05, 0) is 48.2 Å².